The molecule has 1 aromatic rings. The Morgan fingerprint density at radius 3 is 3.00 bits per heavy atom. The molecule has 114 valence electrons. The number of nitrogens with one attached hydrogen (secondary N) is 1. The highest BCUT2D eigenvalue weighted by molar-refractivity contribution is 5.83. The van der Waals surface area contributed by atoms with Gasteiger partial charge in [-0.3, -0.25) is 4.79 Å². The SMILES string of the molecule is CN1CCC(CN(C)C(=O)C2NCCc3ccccc32)C1. The topological polar surface area (TPSA) is 35.6 Å². The first-order valence-electron chi connectivity index (χ1n) is 7.90. The van der Waals surface area contributed by atoms with Gasteiger partial charge in [-0.1, -0.05) is 24.3 Å². The summed E-state index contributed by atoms with van der Waals surface area (Å²) in [6.07, 6.45) is 2.21. The van der Waals surface area contributed by atoms with E-state index in [1.165, 1.54) is 12.0 Å². The fraction of sp³-hybridized carbons (Fsp3) is 0.588. The van der Waals surface area contributed by atoms with E-state index >= 15 is 0 Å². The monoisotopic (exact) mass is 287 g/mol. The minimum Gasteiger partial charge on any atom is -0.344 e. The molecule has 2 heterocycles. The highest BCUT2D eigenvalue weighted by Gasteiger charge is 2.30. The quantitative estimate of drug-likeness (QED) is 0.910. The molecule has 0 saturated carbocycles. The van der Waals surface area contributed by atoms with Gasteiger partial charge in [0.2, 0.25) is 5.91 Å². The Balaban J connectivity index is 1.68. The summed E-state index contributed by atoms with van der Waals surface area (Å²) in [5.41, 5.74) is 2.47. The van der Waals surface area contributed by atoms with Crippen LogP contribution in [0.5, 0.6) is 0 Å². The average molecular weight is 287 g/mol. The first-order chi connectivity index (χ1) is 10.1. The third-order valence-electron chi connectivity index (χ3n) is 4.75. The number of likely N-dealkylation sites (tertiary alicyclic amines) is 1. The lowest BCUT2D eigenvalue weighted by Gasteiger charge is -2.30. The van der Waals surface area contributed by atoms with Crippen molar-refractivity contribution in [2.45, 2.75) is 18.9 Å². The van der Waals surface area contributed by atoms with Crippen LogP contribution in [0.15, 0.2) is 24.3 Å². The van der Waals surface area contributed by atoms with E-state index in [0.29, 0.717) is 5.92 Å². The van der Waals surface area contributed by atoms with E-state index < -0.39 is 0 Å². The molecule has 3 rings (SSSR count). The van der Waals surface area contributed by atoms with E-state index in [0.717, 1.165) is 38.2 Å². The zero-order valence-corrected chi connectivity index (χ0v) is 13.0. The van der Waals surface area contributed by atoms with Gasteiger partial charge in [0.15, 0.2) is 0 Å². The molecule has 2 unspecified atom stereocenters. The lowest BCUT2D eigenvalue weighted by Crippen LogP contribution is -2.43. The molecule has 1 fully saturated rings. The van der Waals surface area contributed by atoms with E-state index in [-0.39, 0.29) is 11.9 Å². The third kappa shape index (κ3) is 3.11. The van der Waals surface area contributed by atoms with Crippen molar-refractivity contribution in [2.75, 3.05) is 40.3 Å². The van der Waals surface area contributed by atoms with Crippen LogP contribution in [-0.2, 0) is 11.2 Å². The van der Waals surface area contributed by atoms with Crippen molar-refractivity contribution < 1.29 is 4.79 Å². The minimum absolute atomic E-state index is 0.168. The summed E-state index contributed by atoms with van der Waals surface area (Å²) in [7, 11) is 4.10. The van der Waals surface area contributed by atoms with Crippen LogP contribution in [0.25, 0.3) is 0 Å². The zero-order valence-electron chi connectivity index (χ0n) is 13.0. The van der Waals surface area contributed by atoms with Gasteiger partial charge in [-0.15, -0.1) is 0 Å². The van der Waals surface area contributed by atoms with Gasteiger partial charge < -0.3 is 15.1 Å². The zero-order chi connectivity index (χ0) is 14.8. The second-order valence-electron chi connectivity index (χ2n) is 6.47. The normalized spacial score (nSPS) is 25.6. The maximum absolute atomic E-state index is 12.8. The van der Waals surface area contributed by atoms with E-state index in [9.17, 15) is 4.79 Å². The van der Waals surface area contributed by atoms with Gasteiger partial charge in [0, 0.05) is 26.7 Å². The Hall–Kier alpha value is -1.39. The van der Waals surface area contributed by atoms with Crippen LogP contribution in [0.4, 0.5) is 0 Å². The van der Waals surface area contributed by atoms with Gasteiger partial charge in [-0.05, 0) is 43.5 Å². The van der Waals surface area contributed by atoms with Gasteiger partial charge in [-0.25, -0.2) is 0 Å². The maximum Gasteiger partial charge on any atom is 0.244 e. The average Bonchev–Trinajstić information content (AvgIpc) is 2.91. The number of nitrogens with zero attached hydrogens (tertiary/aromatic N) is 2. The molecule has 0 aromatic heterocycles. The third-order valence-corrected chi connectivity index (χ3v) is 4.75. The summed E-state index contributed by atoms with van der Waals surface area (Å²) in [4.78, 5) is 17.0. The number of likely N-dealkylation sites (N-methyl/N-ethyl adjacent to an activating group) is 1. The Bertz CT molecular complexity index is 517. The largest absolute Gasteiger partial charge is 0.344 e. The maximum atomic E-state index is 12.8. The summed E-state index contributed by atoms with van der Waals surface area (Å²) in [6, 6.07) is 8.14. The lowest BCUT2D eigenvalue weighted by molar-refractivity contribution is -0.133. The molecule has 2 atom stereocenters. The van der Waals surface area contributed by atoms with Crippen molar-refractivity contribution in [2.24, 2.45) is 5.92 Å². The predicted octanol–water partition coefficient (Wildman–Crippen LogP) is 1.28. The molecule has 1 amide bonds. The van der Waals surface area contributed by atoms with Gasteiger partial charge >= 0.3 is 0 Å². The van der Waals surface area contributed by atoms with Gasteiger partial charge in [0.25, 0.3) is 0 Å². The molecular weight excluding hydrogens is 262 g/mol. The van der Waals surface area contributed by atoms with Crippen LogP contribution < -0.4 is 5.32 Å². The van der Waals surface area contributed by atoms with Crippen LogP contribution in [-0.4, -0.2) is 56.0 Å². The Morgan fingerprint density at radius 1 is 1.43 bits per heavy atom. The predicted molar refractivity (Wildman–Crippen MR) is 84.1 cm³/mol. The molecule has 0 aliphatic carbocycles. The molecule has 0 bridgehead atoms. The molecule has 0 spiro atoms. The Kier molecular flexibility index (Phi) is 4.27. The molecule has 1 aromatic carbocycles. The number of hydrogen-bond acceptors (Lipinski definition) is 3. The Labute approximate surface area is 127 Å². The molecule has 21 heavy (non-hydrogen) atoms. The summed E-state index contributed by atoms with van der Waals surface area (Å²) in [6.45, 7) is 4.00. The van der Waals surface area contributed by atoms with Crippen LogP contribution in [0.1, 0.15) is 23.6 Å². The number of carbonyl (C=O) groups excluding carboxylic acids is 1. The highest BCUT2D eigenvalue weighted by Crippen LogP contribution is 2.25. The molecule has 4 heteroatoms. The smallest absolute Gasteiger partial charge is 0.244 e. The van der Waals surface area contributed by atoms with Gasteiger partial charge in [0.1, 0.15) is 6.04 Å². The Morgan fingerprint density at radius 2 is 2.24 bits per heavy atom. The minimum atomic E-state index is -0.168. The van der Waals surface area contributed by atoms with E-state index in [4.69, 9.17) is 0 Å². The fourth-order valence-electron chi connectivity index (χ4n) is 3.60. The fourth-order valence-corrected chi connectivity index (χ4v) is 3.60. The molecule has 4 nitrogen and oxygen atoms in total. The first-order valence-corrected chi connectivity index (χ1v) is 7.90. The van der Waals surface area contributed by atoms with Gasteiger partial charge in [-0.2, -0.15) is 0 Å². The van der Waals surface area contributed by atoms with Crippen LogP contribution in [0.2, 0.25) is 0 Å². The molecule has 0 radical (unpaired) electrons. The lowest BCUT2D eigenvalue weighted by atomic mass is 9.93. The number of hydrogen-bond donors (Lipinski definition) is 1. The molecule has 1 N–H and O–H groups in total. The van der Waals surface area contributed by atoms with Crippen molar-refractivity contribution >= 4 is 5.91 Å². The van der Waals surface area contributed by atoms with Crippen molar-refractivity contribution in [3.63, 3.8) is 0 Å². The second-order valence-corrected chi connectivity index (χ2v) is 6.47. The van der Waals surface area contributed by atoms with Gasteiger partial charge in [0.05, 0.1) is 0 Å². The number of rotatable bonds is 3. The highest BCUT2D eigenvalue weighted by atomic mass is 16.2. The summed E-state index contributed by atoms with van der Waals surface area (Å²) < 4.78 is 0. The molecule has 2 aliphatic heterocycles. The van der Waals surface area contributed by atoms with Crippen LogP contribution in [0, 0.1) is 5.92 Å². The molecular formula is C17H25N3O. The summed E-state index contributed by atoms with van der Waals surface area (Å²) in [5, 5.41) is 3.39. The van der Waals surface area contributed by atoms with E-state index in [1.54, 1.807) is 0 Å². The van der Waals surface area contributed by atoms with Crippen molar-refractivity contribution in [1.29, 1.82) is 0 Å². The van der Waals surface area contributed by atoms with Crippen molar-refractivity contribution in [3.05, 3.63) is 35.4 Å². The first kappa shape index (κ1) is 14.5. The van der Waals surface area contributed by atoms with Crippen LogP contribution in [0.3, 0.4) is 0 Å². The number of benzene rings is 1. The standard InChI is InChI=1S/C17H25N3O/c1-19-10-8-13(11-19)12-20(2)17(21)16-15-6-4-3-5-14(15)7-9-18-16/h3-6,13,16,18H,7-12H2,1-2H3. The number of carbonyl (C=O) groups is 1. The number of fused-ring (bicyclic) bond motifs is 1. The molecule has 1 saturated heterocycles. The summed E-state index contributed by atoms with van der Waals surface area (Å²) in [5.74, 6) is 0.819. The second kappa shape index (κ2) is 6.16. The van der Waals surface area contributed by atoms with Crippen LogP contribution >= 0.6 is 0 Å². The summed E-state index contributed by atoms with van der Waals surface area (Å²) >= 11 is 0. The van der Waals surface area contributed by atoms with Crippen molar-refractivity contribution in [3.8, 4) is 0 Å². The van der Waals surface area contributed by atoms with E-state index in [1.807, 2.05) is 18.0 Å². The molecule has 2 aliphatic rings. The van der Waals surface area contributed by atoms with Crippen molar-refractivity contribution in [1.82, 2.24) is 15.1 Å². The number of amides is 1. The van der Waals surface area contributed by atoms with E-state index in [2.05, 4.69) is 35.5 Å².